The van der Waals surface area contributed by atoms with Crippen molar-refractivity contribution in [3.8, 4) is 0 Å². The molecule has 1 N–H and O–H groups in total. The number of carbonyl (C=O) groups is 2. The average molecular weight is 391 g/mol. The van der Waals surface area contributed by atoms with E-state index in [2.05, 4.69) is 23.3 Å². The van der Waals surface area contributed by atoms with E-state index in [-0.39, 0.29) is 16.9 Å². The van der Waals surface area contributed by atoms with E-state index in [0.29, 0.717) is 12.2 Å². The molecule has 0 saturated carbocycles. The number of anilines is 2. The molecular formula is C22H21N3O2S. The zero-order chi connectivity index (χ0) is 19.5. The zero-order valence-corrected chi connectivity index (χ0v) is 16.5. The Labute approximate surface area is 168 Å². The topological polar surface area (TPSA) is 62.3 Å². The lowest BCUT2D eigenvalue weighted by atomic mass is 10.0. The van der Waals surface area contributed by atoms with Gasteiger partial charge in [-0.1, -0.05) is 35.5 Å². The molecule has 2 heterocycles. The van der Waals surface area contributed by atoms with Gasteiger partial charge in [0, 0.05) is 23.8 Å². The van der Waals surface area contributed by atoms with Crippen LogP contribution in [0.1, 0.15) is 17.5 Å². The Hall–Kier alpha value is -2.86. The van der Waals surface area contributed by atoms with Crippen molar-refractivity contribution in [3.05, 3.63) is 65.9 Å². The Morgan fingerprint density at radius 1 is 1.18 bits per heavy atom. The molecule has 28 heavy (non-hydrogen) atoms. The Bertz CT molecular complexity index is 1050. The van der Waals surface area contributed by atoms with Gasteiger partial charge < -0.3 is 10.2 Å². The minimum Gasteiger partial charge on any atom is -0.325 e. The van der Waals surface area contributed by atoms with Gasteiger partial charge in [-0.25, -0.2) is 0 Å². The predicted molar refractivity (Wildman–Crippen MR) is 115 cm³/mol. The first-order chi connectivity index (χ1) is 13.6. The molecule has 3 aromatic rings. The Kier molecular flexibility index (Phi) is 5.30. The molecule has 142 valence electrons. The summed E-state index contributed by atoms with van der Waals surface area (Å²) in [6.07, 6.45) is 3.65. The van der Waals surface area contributed by atoms with Gasteiger partial charge in [0.15, 0.2) is 0 Å². The van der Waals surface area contributed by atoms with Gasteiger partial charge in [0.2, 0.25) is 5.91 Å². The molecule has 1 aliphatic rings. The lowest BCUT2D eigenvalue weighted by Crippen LogP contribution is -2.33. The van der Waals surface area contributed by atoms with E-state index in [1.54, 1.807) is 11.1 Å². The van der Waals surface area contributed by atoms with Crippen molar-refractivity contribution >= 4 is 45.2 Å². The Morgan fingerprint density at radius 2 is 2.07 bits per heavy atom. The van der Waals surface area contributed by atoms with Gasteiger partial charge in [-0.15, -0.1) is 0 Å². The molecule has 0 spiro atoms. The van der Waals surface area contributed by atoms with Crippen LogP contribution in [-0.2, 0) is 11.2 Å². The number of hydrogen-bond acceptors (Lipinski definition) is 4. The summed E-state index contributed by atoms with van der Waals surface area (Å²) in [5, 5.41) is 3.70. The van der Waals surface area contributed by atoms with Crippen molar-refractivity contribution in [1.29, 1.82) is 0 Å². The van der Waals surface area contributed by atoms with E-state index in [1.807, 2.05) is 42.5 Å². The van der Waals surface area contributed by atoms with Crippen molar-refractivity contribution < 1.29 is 9.59 Å². The molecule has 0 radical (unpaired) electrons. The maximum atomic E-state index is 12.7. The number of pyridine rings is 1. The van der Waals surface area contributed by atoms with Gasteiger partial charge in [0.05, 0.1) is 17.0 Å². The van der Waals surface area contributed by atoms with Crippen LogP contribution >= 0.6 is 11.8 Å². The third-order valence-corrected chi connectivity index (χ3v) is 5.69. The highest BCUT2D eigenvalue weighted by Gasteiger charge is 2.23. The van der Waals surface area contributed by atoms with Gasteiger partial charge in [-0.05, 0) is 55.7 Å². The fraction of sp³-hybridized carbons (Fsp3) is 0.227. The van der Waals surface area contributed by atoms with Crippen molar-refractivity contribution in [2.75, 3.05) is 22.5 Å². The molecule has 0 unspecified atom stereocenters. The SMILES string of the molecule is Cc1ccc2c(c1)CCCN2C(=O)SCC(=O)Nc1cccc2ncccc12. The first kappa shape index (κ1) is 18.5. The molecule has 0 fully saturated rings. The van der Waals surface area contributed by atoms with Crippen LogP contribution < -0.4 is 10.2 Å². The number of aryl methyl sites for hydroxylation is 2. The summed E-state index contributed by atoms with van der Waals surface area (Å²) in [5.74, 6) is -0.122. The van der Waals surface area contributed by atoms with Crippen molar-refractivity contribution in [1.82, 2.24) is 4.98 Å². The summed E-state index contributed by atoms with van der Waals surface area (Å²) >= 11 is 1.04. The van der Waals surface area contributed by atoms with E-state index >= 15 is 0 Å². The molecule has 6 heteroatoms. The first-order valence-corrected chi connectivity index (χ1v) is 10.3. The second-order valence-corrected chi connectivity index (χ2v) is 7.79. The van der Waals surface area contributed by atoms with E-state index in [0.717, 1.165) is 41.2 Å². The zero-order valence-electron chi connectivity index (χ0n) is 15.6. The number of aromatic nitrogens is 1. The lowest BCUT2D eigenvalue weighted by molar-refractivity contribution is -0.113. The monoisotopic (exact) mass is 391 g/mol. The molecule has 1 aromatic heterocycles. The maximum Gasteiger partial charge on any atom is 0.286 e. The highest BCUT2D eigenvalue weighted by atomic mass is 32.2. The molecular weight excluding hydrogens is 370 g/mol. The van der Waals surface area contributed by atoms with E-state index in [9.17, 15) is 9.59 Å². The second-order valence-electron chi connectivity index (χ2n) is 6.87. The molecule has 5 nitrogen and oxygen atoms in total. The van der Waals surface area contributed by atoms with E-state index in [1.165, 1.54) is 11.1 Å². The lowest BCUT2D eigenvalue weighted by Gasteiger charge is -2.29. The van der Waals surface area contributed by atoms with Crippen molar-refractivity contribution in [2.24, 2.45) is 0 Å². The quantitative estimate of drug-likeness (QED) is 0.697. The number of nitrogens with one attached hydrogen (secondary N) is 1. The van der Waals surface area contributed by atoms with Gasteiger partial charge in [0.1, 0.15) is 0 Å². The molecule has 4 rings (SSSR count). The largest absolute Gasteiger partial charge is 0.325 e. The number of rotatable bonds is 3. The number of hydrogen-bond donors (Lipinski definition) is 1. The molecule has 0 atom stereocenters. The number of fused-ring (bicyclic) bond motifs is 2. The Balaban J connectivity index is 1.41. The van der Waals surface area contributed by atoms with Crippen LogP contribution in [0.2, 0.25) is 0 Å². The van der Waals surface area contributed by atoms with Gasteiger partial charge in [0.25, 0.3) is 5.24 Å². The predicted octanol–water partition coefficient (Wildman–Crippen LogP) is 4.79. The van der Waals surface area contributed by atoms with Gasteiger partial charge in [-0.3, -0.25) is 14.6 Å². The minimum atomic E-state index is -0.198. The summed E-state index contributed by atoms with van der Waals surface area (Å²) in [6, 6.07) is 15.5. The summed E-state index contributed by atoms with van der Waals surface area (Å²) in [7, 11) is 0. The van der Waals surface area contributed by atoms with Gasteiger partial charge in [-0.2, -0.15) is 0 Å². The van der Waals surface area contributed by atoms with Gasteiger partial charge >= 0.3 is 0 Å². The smallest absolute Gasteiger partial charge is 0.286 e. The number of carbonyl (C=O) groups excluding carboxylic acids is 2. The Morgan fingerprint density at radius 3 is 2.96 bits per heavy atom. The number of amides is 2. The van der Waals surface area contributed by atoms with Crippen LogP contribution in [0.15, 0.2) is 54.7 Å². The van der Waals surface area contributed by atoms with Crippen molar-refractivity contribution in [2.45, 2.75) is 19.8 Å². The summed E-state index contributed by atoms with van der Waals surface area (Å²) < 4.78 is 0. The van der Waals surface area contributed by atoms with Crippen LogP contribution in [0.25, 0.3) is 10.9 Å². The van der Waals surface area contributed by atoms with E-state index in [4.69, 9.17) is 0 Å². The molecule has 2 amide bonds. The number of benzene rings is 2. The molecule has 0 saturated heterocycles. The third kappa shape index (κ3) is 3.87. The fourth-order valence-electron chi connectivity index (χ4n) is 3.52. The molecule has 0 aliphatic carbocycles. The van der Waals surface area contributed by atoms with Crippen LogP contribution in [-0.4, -0.2) is 28.4 Å². The molecule has 2 aromatic carbocycles. The highest BCUT2D eigenvalue weighted by Crippen LogP contribution is 2.30. The minimum absolute atomic E-state index is 0.0766. The average Bonchev–Trinajstić information content (AvgIpc) is 2.71. The van der Waals surface area contributed by atoms with Crippen LogP contribution in [0.5, 0.6) is 0 Å². The van der Waals surface area contributed by atoms with E-state index < -0.39 is 0 Å². The van der Waals surface area contributed by atoms with Crippen LogP contribution in [0, 0.1) is 6.92 Å². The molecule has 1 aliphatic heterocycles. The normalized spacial score (nSPS) is 13.2. The highest BCUT2D eigenvalue weighted by molar-refractivity contribution is 8.14. The van der Waals surface area contributed by atoms with Crippen LogP contribution in [0.4, 0.5) is 16.2 Å². The standard InChI is InChI=1S/C22H21N3O2S/c1-15-9-10-20-16(13-15)5-4-12-25(20)22(27)28-14-21(26)24-19-8-2-7-18-17(19)6-3-11-23-18/h2-3,6-11,13H,4-5,12,14H2,1H3,(H,24,26). The maximum absolute atomic E-state index is 12.7. The first-order valence-electron chi connectivity index (χ1n) is 9.29. The number of nitrogens with zero attached hydrogens (tertiary/aromatic N) is 2. The fourth-order valence-corrected chi connectivity index (χ4v) is 4.19. The third-order valence-electron chi connectivity index (χ3n) is 4.82. The van der Waals surface area contributed by atoms with Crippen LogP contribution in [0.3, 0.4) is 0 Å². The second kappa shape index (κ2) is 8.02. The summed E-state index contributed by atoms with van der Waals surface area (Å²) in [5.41, 5.74) is 4.90. The summed E-state index contributed by atoms with van der Waals surface area (Å²) in [4.78, 5) is 31.2. The summed E-state index contributed by atoms with van der Waals surface area (Å²) in [6.45, 7) is 2.75. The number of thioether (sulfide) groups is 1. The van der Waals surface area contributed by atoms with Crippen molar-refractivity contribution in [3.63, 3.8) is 0 Å². The molecule has 0 bridgehead atoms.